The fourth-order valence-electron chi connectivity index (χ4n) is 2.22. The average Bonchev–Trinajstić information content (AvgIpc) is 2.42. The van der Waals surface area contributed by atoms with E-state index in [4.69, 9.17) is 5.73 Å². The van der Waals surface area contributed by atoms with Gasteiger partial charge in [0.05, 0.1) is 5.52 Å². The summed E-state index contributed by atoms with van der Waals surface area (Å²) in [4.78, 5) is 13.5. The molecule has 0 aliphatic carbocycles. The largest absolute Gasteiger partial charge is 0.330 e. The molecule has 0 fully saturated rings. The van der Waals surface area contributed by atoms with Gasteiger partial charge in [0.1, 0.15) is 5.82 Å². The van der Waals surface area contributed by atoms with Crippen molar-refractivity contribution in [3.8, 4) is 0 Å². The van der Waals surface area contributed by atoms with Crippen molar-refractivity contribution in [1.29, 1.82) is 0 Å². The van der Waals surface area contributed by atoms with Crippen LogP contribution in [0.5, 0.6) is 0 Å². The number of nitrogens with zero attached hydrogens (tertiary/aromatic N) is 3. The molecule has 4 nitrogen and oxygen atoms in total. The zero-order valence-corrected chi connectivity index (χ0v) is 11.1. The zero-order chi connectivity index (χ0) is 13.4. The number of hydrogen-bond acceptors (Lipinski definition) is 4. The van der Waals surface area contributed by atoms with Gasteiger partial charge in [-0.25, -0.2) is 15.0 Å². The van der Waals surface area contributed by atoms with E-state index in [0.717, 1.165) is 27.8 Å². The van der Waals surface area contributed by atoms with Crippen LogP contribution in [-0.4, -0.2) is 21.5 Å². The number of fused-ring (bicyclic) bond motifs is 2. The first-order valence-corrected chi connectivity index (χ1v) is 6.41. The highest BCUT2D eigenvalue weighted by molar-refractivity contribution is 5.92. The topological polar surface area (TPSA) is 64.7 Å². The van der Waals surface area contributed by atoms with E-state index in [0.29, 0.717) is 13.0 Å². The summed E-state index contributed by atoms with van der Waals surface area (Å²) in [5, 5.41) is 2.10. The number of pyridine rings is 1. The third-order valence-corrected chi connectivity index (χ3v) is 3.48. The van der Waals surface area contributed by atoms with Crippen LogP contribution in [0.2, 0.25) is 0 Å². The summed E-state index contributed by atoms with van der Waals surface area (Å²) >= 11 is 0. The van der Waals surface area contributed by atoms with Gasteiger partial charge in [-0.2, -0.15) is 0 Å². The van der Waals surface area contributed by atoms with Crippen molar-refractivity contribution in [1.82, 2.24) is 15.0 Å². The predicted molar refractivity (Wildman–Crippen MR) is 77.1 cm³/mol. The van der Waals surface area contributed by atoms with E-state index in [1.807, 2.05) is 6.20 Å². The molecule has 0 atom stereocenters. The molecule has 0 unspecified atom stereocenters. The molecule has 4 heteroatoms. The Hall–Kier alpha value is -2.07. The molecule has 0 saturated carbocycles. The Kier molecular flexibility index (Phi) is 2.87. The quantitative estimate of drug-likeness (QED) is 0.711. The second-order valence-corrected chi connectivity index (χ2v) is 4.81. The molecule has 0 amide bonds. The van der Waals surface area contributed by atoms with Gasteiger partial charge in [-0.05, 0) is 37.6 Å². The minimum atomic E-state index is 0.553. The van der Waals surface area contributed by atoms with Gasteiger partial charge < -0.3 is 5.73 Å². The van der Waals surface area contributed by atoms with Gasteiger partial charge in [-0.1, -0.05) is 12.1 Å². The minimum absolute atomic E-state index is 0.553. The molecule has 19 heavy (non-hydrogen) atoms. The summed E-state index contributed by atoms with van der Waals surface area (Å²) in [7, 11) is 0. The van der Waals surface area contributed by atoms with E-state index in [9.17, 15) is 0 Å². The van der Waals surface area contributed by atoms with Crippen LogP contribution in [-0.2, 0) is 6.42 Å². The average molecular weight is 252 g/mol. The number of hydrogen-bond donors (Lipinski definition) is 1. The van der Waals surface area contributed by atoms with Crippen LogP contribution in [0.15, 0.2) is 24.4 Å². The summed E-state index contributed by atoms with van der Waals surface area (Å²) < 4.78 is 0. The number of aromatic nitrogens is 3. The molecule has 0 spiro atoms. The molecule has 0 aliphatic heterocycles. The maximum atomic E-state index is 5.54. The molecule has 2 heterocycles. The number of aryl methyl sites for hydroxylation is 2. The highest BCUT2D eigenvalue weighted by Gasteiger charge is 2.06. The van der Waals surface area contributed by atoms with Crippen molar-refractivity contribution >= 4 is 21.9 Å². The molecule has 1 aromatic carbocycles. The summed E-state index contributed by atoms with van der Waals surface area (Å²) in [6, 6.07) is 6.31. The van der Waals surface area contributed by atoms with Gasteiger partial charge in [0.25, 0.3) is 0 Å². The van der Waals surface area contributed by atoms with E-state index in [1.54, 1.807) is 0 Å². The Morgan fingerprint density at radius 3 is 2.74 bits per heavy atom. The third-order valence-electron chi connectivity index (χ3n) is 3.48. The maximum Gasteiger partial charge on any atom is 0.163 e. The first-order valence-electron chi connectivity index (χ1n) is 6.41. The molecule has 0 radical (unpaired) electrons. The normalized spacial score (nSPS) is 11.3. The maximum absolute atomic E-state index is 5.54. The Bertz CT molecular complexity index is 765. The first kappa shape index (κ1) is 12.0. The predicted octanol–water partition coefficient (Wildman–Crippen LogP) is 2.30. The number of rotatable bonds is 2. The van der Waals surface area contributed by atoms with Gasteiger partial charge in [0.15, 0.2) is 5.65 Å². The summed E-state index contributed by atoms with van der Waals surface area (Å²) in [5.74, 6) is 0.757. The molecule has 0 aliphatic rings. The molecule has 0 saturated heterocycles. The van der Waals surface area contributed by atoms with E-state index in [2.05, 4.69) is 47.0 Å². The molecular weight excluding hydrogens is 236 g/mol. The second-order valence-electron chi connectivity index (χ2n) is 4.81. The Balaban J connectivity index is 2.30. The number of nitrogens with two attached hydrogens (primary N) is 1. The van der Waals surface area contributed by atoms with Crippen LogP contribution in [0.1, 0.15) is 17.0 Å². The fourth-order valence-corrected chi connectivity index (χ4v) is 2.22. The summed E-state index contributed by atoms with van der Waals surface area (Å²) in [6.07, 6.45) is 2.51. The number of benzene rings is 1. The van der Waals surface area contributed by atoms with E-state index < -0.39 is 0 Å². The van der Waals surface area contributed by atoms with Gasteiger partial charge in [0, 0.05) is 23.4 Å². The van der Waals surface area contributed by atoms with Gasteiger partial charge in [0.2, 0.25) is 0 Å². The van der Waals surface area contributed by atoms with Gasteiger partial charge in [-0.3, -0.25) is 0 Å². The third kappa shape index (κ3) is 2.04. The van der Waals surface area contributed by atoms with Crippen molar-refractivity contribution in [2.45, 2.75) is 20.3 Å². The van der Waals surface area contributed by atoms with Crippen molar-refractivity contribution < 1.29 is 0 Å². The summed E-state index contributed by atoms with van der Waals surface area (Å²) in [6.45, 7) is 4.75. The van der Waals surface area contributed by atoms with Crippen LogP contribution >= 0.6 is 0 Å². The lowest BCUT2D eigenvalue weighted by molar-refractivity contribution is 0.876. The monoisotopic (exact) mass is 252 g/mol. The lowest BCUT2D eigenvalue weighted by atomic mass is 10.0. The molecule has 3 rings (SSSR count). The fraction of sp³-hybridized carbons (Fsp3) is 0.267. The standard InChI is InChI=1S/C15H16N4/c1-9-3-4-11-7-12-8-17-13(5-6-16)18-15(12)19-14(11)10(9)2/h3-4,7-8H,5-6,16H2,1-2H3. The molecule has 2 aromatic heterocycles. The molecule has 0 bridgehead atoms. The SMILES string of the molecule is Cc1ccc2cc3cnc(CCN)nc3nc2c1C. The van der Waals surface area contributed by atoms with Gasteiger partial charge >= 0.3 is 0 Å². The summed E-state index contributed by atoms with van der Waals surface area (Å²) in [5.41, 5.74) is 9.76. The van der Waals surface area contributed by atoms with E-state index >= 15 is 0 Å². The minimum Gasteiger partial charge on any atom is -0.330 e. The van der Waals surface area contributed by atoms with Gasteiger partial charge in [-0.15, -0.1) is 0 Å². The molecule has 96 valence electrons. The van der Waals surface area contributed by atoms with Crippen LogP contribution in [0, 0.1) is 13.8 Å². The first-order chi connectivity index (χ1) is 9.19. The highest BCUT2D eigenvalue weighted by atomic mass is 14.9. The molecule has 2 N–H and O–H groups in total. The zero-order valence-electron chi connectivity index (χ0n) is 11.1. The van der Waals surface area contributed by atoms with E-state index in [-0.39, 0.29) is 0 Å². The second kappa shape index (κ2) is 4.55. The Labute approximate surface area is 111 Å². The van der Waals surface area contributed by atoms with Crippen LogP contribution in [0.4, 0.5) is 0 Å². The lowest BCUT2D eigenvalue weighted by Crippen LogP contribution is -2.06. The Morgan fingerprint density at radius 1 is 1.11 bits per heavy atom. The van der Waals surface area contributed by atoms with Crippen LogP contribution in [0.3, 0.4) is 0 Å². The van der Waals surface area contributed by atoms with Crippen LogP contribution < -0.4 is 5.73 Å². The van der Waals surface area contributed by atoms with Crippen molar-refractivity contribution in [3.63, 3.8) is 0 Å². The van der Waals surface area contributed by atoms with Crippen molar-refractivity contribution in [2.24, 2.45) is 5.73 Å². The Morgan fingerprint density at radius 2 is 1.95 bits per heavy atom. The highest BCUT2D eigenvalue weighted by Crippen LogP contribution is 2.23. The molecule has 3 aromatic rings. The molecular formula is C15H16N4. The van der Waals surface area contributed by atoms with Crippen LogP contribution in [0.25, 0.3) is 21.9 Å². The smallest absolute Gasteiger partial charge is 0.163 e. The van der Waals surface area contributed by atoms with E-state index in [1.165, 1.54) is 11.1 Å². The van der Waals surface area contributed by atoms with Crippen molar-refractivity contribution in [2.75, 3.05) is 6.54 Å². The van der Waals surface area contributed by atoms with Crippen molar-refractivity contribution in [3.05, 3.63) is 41.3 Å². The lowest BCUT2D eigenvalue weighted by Gasteiger charge is -2.07.